The highest BCUT2D eigenvalue weighted by Gasteiger charge is 2.21. The van der Waals surface area contributed by atoms with Crippen molar-refractivity contribution in [2.75, 3.05) is 13.7 Å². The van der Waals surface area contributed by atoms with Gasteiger partial charge in [-0.2, -0.15) is 0 Å². The first-order chi connectivity index (χ1) is 8.51. The molecule has 0 heterocycles. The average molecular weight is 261 g/mol. The number of unbranched alkanes of at least 4 members (excludes halogenated alkanes) is 1. The fourth-order valence-corrected chi connectivity index (χ4v) is 1.11. The number of esters is 1. The number of rotatable bonds is 8. The third-order valence-corrected chi connectivity index (χ3v) is 2.19. The molecule has 1 unspecified atom stereocenters. The Morgan fingerprint density at radius 1 is 1.33 bits per heavy atom. The molecule has 0 aromatic carbocycles. The van der Waals surface area contributed by atoms with Crippen LogP contribution in [0.2, 0.25) is 0 Å². The van der Waals surface area contributed by atoms with Crippen LogP contribution in [0.5, 0.6) is 0 Å². The van der Waals surface area contributed by atoms with Crippen LogP contribution in [0.1, 0.15) is 32.6 Å². The number of hydrogen-bond acceptors (Lipinski definition) is 5. The zero-order valence-corrected chi connectivity index (χ0v) is 10.6. The Bertz CT molecular complexity index is 291. The monoisotopic (exact) mass is 261 g/mol. The van der Waals surface area contributed by atoms with E-state index in [-0.39, 0.29) is 19.4 Å². The number of aliphatic carboxylic acids is 1. The second-order valence-corrected chi connectivity index (χ2v) is 3.64. The topological polar surface area (TPSA) is 102 Å². The summed E-state index contributed by atoms with van der Waals surface area (Å²) in [6.07, 6.45) is 0.680. The van der Waals surface area contributed by atoms with Gasteiger partial charge in [0.2, 0.25) is 0 Å². The second-order valence-electron chi connectivity index (χ2n) is 3.64. The van der Waals surface area contributed by atoms with Crippen molar-refractivity contribution >= 4 is 18.0 Å². The molecule has 0 aliphatic rings. The molecular formula is C11H19NO6. The van der Waals surface area contributed by atoms with Crippen LogP contribution < -0.4 is 5.32 Å². The lowest BCUT2D eigenvalue weighted by molar-refractivity contribution is -0.142. The van der Waals surface area contributed by atoms with E-state index in [9.17, 15) is 14.4 Å². The van der Waals surface area contributed by atoms with Crippen molar-refractivity contribution in [1.29, 1.82) is 0 Å². The molecule has 7 heteroatoms. The number of ether oxygens (including phenoxy) is 2. The molecule has 0 rings (SSSR count). The van der Waals surface area contributed by atoms with E-state index in [0.29, 0.717) is 6.42 Å². The van der Waals surface area contributed by atoms with Crippen LogP contribution in [0.4, 0.5) is 4.79 Å². The zero-order chi connectivity index (χ0) is 14.0. The maximum absolute atomic E-state index is 11.2. The van der Waals surface area contributed by atoms with Crippen LogP contribution in [0.15, 0.2) is 0 Å². The highest BCUT2D eigenvalue weighted by atomic mass is 16.5. The summed E-state index contributed by atoms with van der Waals surface area (Å²) in [6.45, 7) is 2.18. The predicted octanol–water partition coefficient (Wildman–Crippen LogP) is 0.919. The van der Waals surface area contributed by atoms with E-state index in [1.54, 1.807) is 0 Å². The summed E-state index contributed by atoms with van der Waals surface area (Å²) in [4.78, 5) is 33.0. The number of carboxylic acid groups (broad SMARTS) is 1. The van der Waals surface area contributed by atoms with Crippen LogP contribution in [-0.4, -0.2) is 42.9 Å². The van der Waals surface area contributed by atoms with Gasteiger partial charge in [-0.3, -0.25) is 4.79 Å². The lowest BCUT2D eigenvalue weighted by Gasteiger charge is -2.13. The Hall–Kier alpha value is -1.79. The molecule has 0 fully saturated rings. The number of methoxy groups -OCH3 is 1. The van der Waals surface area contributed by atoms with Gasteiger partial charge in [0.05, 0.1) is 13.7 Å². The minimum atomic E-state index is -1.22. The first-order valence-electron chi connectivity index (χ1n) is 5.74. The summed E-state index contributed by atoms with van der Waals surface area (Å²) >= 11 is 0. The molecule has 0 aromatic heterocycles. The van der Waals surface area contributed by atoms with Gasteiger partial charge in [-0.15, -0.1) is 0 Å². The van der Waals surface area contributed by atoms with Crippen LogP contribution in [-0.2, 0) is 19.1 Å². The van der Waals surface area contributed by atoms with Gasteiger partial charge >= 0.3 is 18.0 Å². The van der Waals surface area contributed by atoms with Crippen molar-refractivity contribution in [3.05, 3.63) is 0 Å². The maximum atomic E-state index is 11.2. The van der Waals surface area contributed by atoms with E-state index < -0.39 is 24.1 Å². The molecule has 0 bridgehead atoms. The highest BCUT2D eigenvalue weighted by molar-refractivity contribution is 5.80. The SMILES string of the molecule is CCCCOC(=O)NC(CCC(=O)OC)C(=O)O. The molecule has 1 amide bonds. The van der Waals surface area contributed by atoms with Crippen molar-refractivity contribution in [3.63, 3.8) is 0 Å². The number of amides is 1. The van der Waals surface area contributed by atoms with Crippen molar-refractivity contribution in [2.24, 2.45) is 0 Å². The van der Waals surface area contributed by atoms with Gasteiger partial charge in [0.1, 0.15) is 6.04 Å². The van der Waals surface area contributed by atoms with E-state index in [1.807, 2.05) is 6.92 Å². The normalized spacial score (nSPS) is 11.4. The van der Waals surface area contributed by atoms with Crippen LogP contribution >= 0.6 is 0 Å². The number of nitrogens with one attached hydrogen (secondary N) is 1. The fraction of sp³-hybridized carbons (Fsp3) is 0.727. The summed E-state index contributed by atoms with van der Waals surface area (Å²) in [5, 5.41) is 11.0. The van der Waals surface area contributed by atoms with Gasteiger partial charge in [0, 0.05) is 6.42 Å². The number of alkyl carbamates (subject to hydrolysis) is 1. The van der Waals surface area contributed by atoms with Gasteiger partial charge in [-0.25, -0.2) is 9.59 Å². The third-order valence-electron chi connectivity index (χ3n) is 2.19. The number of carboxylic acids is 1. The van der Waals surface area contributed by atoms with E-state index in [1.165, 1.54) is 7.11 Å². The molecule has 18 heavy (non-hydrogen) atoms. The lowest BCUT2D eigenvalue weighted by Crippen LogP contribution is -2.41. The van der Waals surface area contributed by atoms with Gasteiger partial charge in [0.15, 0.2) is 0 Å². The van der Waals surface area contributed by atoms with E-state index in [0.717, 1.165) is 6.42 Å². The molecule has 0 aromatic rings. The Kier molecular flexibility index (Phi) is 8.34. The summed E-state index contributed by atoms with van der Waals surface area (Å²) in [5.74, 6) is -1.74. The van der Waals surface area contributed by atoms with Crippen LogP contribution in [0.25, 0.3) is 0 Å². The first-order valence-corrected chi connectivity index (χ1v) is 5.74. The molecule has 2 N–H and O–H groups in total. The van der Waals surface area contributed by atoms with Crippen LogP contribution in [0, 0.1) is 0 Å². The molecule has 1 atom stereocenters. The largest absolute Gasteiger partial charge is 0.480 e. The van der Waals surface area contributed by atoms with E-state index in [4.69, 9.17) is 9.84 Å². The molecule has 104 valence electrons. The molecule has 0 saturated carbocycles. The molecule has 0 aliphatic heterocycles. The highest BCUT2D eigenvalue weighted by Crippen LogP contribution is 2.00. The molecule has 0 spiro atoms. The van der Waals surface area contributed by atoms with E-state index in [2.05, 4.69) is 10.1 Å². The summed E-state index contributed by atoms with van der Waals surface area (Å²) in [7, 11) is 1.21. The maximum Gasteiger partial charge on any atom is 0.407 e. The lowest BCUT2D eigenvalue weighted by atomic mass is 10.1. The smallest absolute Gasteiger partial charge is 0.407 e. The standard InChI is InChI=1S/C11H19NO6/c1-3-4-7-18-11(16)12-8(10(14)15)5-6-9(13)17-2/h8H,3-7H2,1-2H3,(H,12,16)(H,14,15). The van der Waals surface area contributed by atoms with Gasteiger partial charge in [-0.05, 0) is 12.8 Å². The molecular weight excluding hydrogens is 242 g/mol. The average Bonchev–Trinajstić information content (AvgIpc) is 2.33. The van der Waals surface area contributed by atoms with Crippen molar-refractivity contribution in [1.82, 2.24) is 5.32 Å². The van der Waals surface area contributed by atoms with Crippen molar-refractivity contribution in [2.45, 2.75) is 38.6 Å². The van der Waals surface area contributed by atoms with Crippen molar-refractivity contribution in [3.8, 4) is 0 Å². The summed E-state index contributed by atoms with van der Waals surface area (Å²) in [5.41, 5.74) is 0. The Labute approximate surface area is 105 Å². The Morgan fingerprint density at radius 3 is 2.50 bits per heavy atom. The number of carbonyl (C=O) groups excluding carboxylic acids is 2. The second kappa shape index (κ2) is 9.26. The number of hydrogen-bond donors (Lipinski definition) is 2. The molecule has 0 saturated heterocycles. The minimum Gasteiger partial charge on any atom is -0.480 e. The van der Waals surface area contributed by atoms with E-state index >= 15 is 0 Å². The Morgan fingerprint density at radius 2 is 2.00 bits per heavy atom. The molecule has 0 aliphatic carbocycles. The quantitative estimate of drug-likeness (QED) is 0.497. The van der Waals surface area contributed by atoms with Crippen LogP contribution in [0.3, 0.4) is 0 Å². The fourth-order valence-electron chi connectivity index (χ4n) is 1.11. The summed E-state index contributed by atoms with van der Waals surface area (Å²) in [6, 6.07) is -1.15. The number of carbonyl (C=O) groups is 3. The Balaban J connectivity index is 4.06. The van der Waals surface area contributed by atoms with Crippen molar-refractivity contribution < 1.29 is 29.0 Å². The molecule has 0 radical (unpaired) electrons. The zero-order valence-electron chi connectivity index (χ0n) is 10.6. The minimum absolute atomic E-state index is 0.0368. The third kappa shape index (κ3) is 7.48. The van der Waals surface area contributed by atoms with Gasteiger partial charge < -0.3 is 19.9 Å². The predicted molar refractivity (Wildman–Crippen MR) is 62.1 cm³/mol. The summed E-state index contributed by atoms with van der Waals surface area (Å²) < 4.78 is 9.16. The first kappa shape index (κ1) is 16.2. The van der Waals surface area contributed by atoms with Gasteiger partial charge in [-0.1, -0.05) is 13.3 Å². The molecule has 7 nitrogen and oxygen atoms in total. The van der Waals surface area contributed by atoms with Gasteiger partial charge in [0.25, 0.3) is 0 Å².